The third-order valence-electron chi connectivity index (χ3n) is 2.48. The van der Waals surface area contributed by atoms with Gasteiger partial charge in [0.15, 0.2) is 5.11 Å². The Morgan fingerprint density at radius 3 is 2.48 bits per heavy atom. The highest BCUT2D eigenvalue weighted by Crippen LogP contribution is 2.10. The van der Waals surface area contributed by atoms with Crippen molar-refractivity contribution < 1.29 is 9.18 Å². The highest BCUT2D eigenvalue weighted by atomic mass is 35.5. The van der Waals surface area contributed by atoms with E-state index in [1.165, 1.54) is 12.1 Å². The van der Waals surface area contributed by atoms with Gasteiger partial charge >= 0.3 is 0 Å². The summed E-state index contributed by atoms with van der Waals surface area (Å²) in [5.74, 6) is -0.747. The number of anilines is 1. The number of halogens is 2. The maximum Gasteiger partial charge on any atom is 0.269 e. The number of hydrazine groups is 1. The molecule has 0 aliphatic heterocycles. The van der Waals surface area contributed by atoms with E-state index >= 15 is 0 Å². The lowest BCUT2D eigenvalue weighted by Gasteiger charge is -2.11. The molecular weight excluding hydrogens is 313 g/mol. The number of carbonyl (C=O) groups excluding carboxylic acids is 1. The quantitative estimate of drug-likeness (QED) is 0.587. The van der Waals surface area contributed by atoms with Gasteiger partial charge in [0.2, 0.25) is 0 Å². The fourth-order valence-corrected chi connectivity index (χ4v) is 1.81. The number of amides is 1. The van der Waals surface area contributed by atoms with Crippen LogP contribution in [-0.4, -0.2) is 11.0 Å². The number of hydrogen-bond acceptors (Lipinski definition) is 2. The molecule has 2 aromatic carbocycles. The number of hydrogen-bond donors (Lipinski definition) is 3. The van der Waals surface area contributed by atoms with E-state index < -0.39 is 0 Å². The van der Waals surface area contributed by atoms with Crippen molar-refractivity contribution in [2.45, 2.75) is 0 Å². The largest absolute Gasteiger partial charge is 0.331 e. The molecular formula is C14H11ClFN3OS. The third-order valence-corrected chi connectivity index (χ3v) is 2.93. The molecule has 0 spiro atoms. The molecule has 2 rings (SSSR count). The number of nitrogens with one attached hydrogen (secondary N) is 3. The van der Waals surface area contributed by atoms with E-state index in [4.69, 9.17) is 23.8 Å². The number of rotatable bonds is 2. The summed E-state index contributed by atoms with van der Waals surface area (Å²) in [7, 11) is 0. The van der Waals surface area contributed by atoms with Crippen LogP contribution in [0.4, 0.5) is 10.1 Å². The first kappa shape index (κ1) is 15.2. The van der Waals surface area contributed by atoms with Crippen LogP contribution in [0.1, 0.15) is 10.4 Å². The number of thiocarbonyl (C=S) groups is 1. The first-order valence-electron chi connectivity index (χ1n) is 5.93. The van der Waals surface area contributed by atoms with E-state index in [0.29, 0.717) is 16.3 Å². The van der Waals surface area contributed by atoms with Gasteiger partial charge in [-0.15, -0.1) is 0 Å². The lowest BCUT2D eigenvalue weighted by molar-refractivity contribution is 0.0944. The van der Waals surface area contributed by atoms with Gasteiger partial charge in [-0.3, -0.25) is 15.6 Å². The van der Waals surface area contributed by atoms with Gasteiger partial charge in [0.1, 0.15) is 5.82 Å². The van der Waals surface area contributed by atoms with Gasteiger partial charge in [0.05, 0.1) is 0 Å². The molecule has 108 valence electrons. The predicted octanol–water partition coefficient (Wildman–Crippen LogP) is 3.11. The van der Waals surface area contributed by atoms with E-state index in [9.17, 15) is 9.18 Å². The maximum atomic E-state index is 13.0. The Balaban J connectivity index is 1.86. The van der Waals surface area contributed by atoms with Crippen LogP contribution in [0.5, 0.6) is 0 Å². The van der Waals surface area contributed by atoms with Crippen LogP contribution in [-0.2, 0) is 0 Å². The van der Waals surface area contributed by atoms with Gasteiger partial charge in [-0.05, 0) is 54.7 Å². The SMILES string of the molecule is O=C(NNC(=S)Nc1cccc(F)c1)c1ccc(Cl)cc1. The average molecular weight is 324 g/mol. The lowest BCUT2D eigenvalue weighted by atomic mass is 10.2. The summed E-state index contributed by atoms with van der Waals surface area (Å²) in [6.45, 7) is 0. The fourth-order valence-electron chi connectivity index (χ4n) is 1.52. The van der Waals surface area contributed by atoms with Crippen molar-refractivity contribution in [3.63, 3.8) is 0 Å². The standard InChI is InChI=1S/C14H11ClFN3OS/c15-10-6-4-9(5-7-10)13(20)18-19-14(21)17-12-3-1-2-11(16)8-12/h1-8H,(H,18,20)(H2,17,19,21). The third kappa shape index (κ3) is 4.70. The van der Waals surface area contributed by atoms with Crippen LogP contribution in [0.3, 0.4) is 0 Å². The molecule has 0 saturated heterocycles. The van der Waals surface area contributed by atoms with Gasteiger partial charge < -0.3 is 5.32 Å². The summed E-state index contributed by atoms with van der Waals surface area (Å²) < 4.78 is 13.0. The molecule has 1 amide bonds. The summed E-state index contributed by atoms with van der Waals surface area (Å²) in [4.78, 5) is 11.8. The molecule has 0 heterocycles. The van der Waals surface area contributed by atoms with Gasteiger partial charge in [0.25, 0.3) is 5.91 Å². The molecule has 21 heavy (non-hydrogen) atoms. The molecule has 4 nitrogen and oxygen atoms in total. The van der Waals surface area contributed by atoms with Crippen molar-refractivity contribution >= 4 is 40.5 Å². The lowest BCUT2D eigenvalue weighted by Crippen LogP contribution is -2.43. The van der Waals surface area contributed by atoms with Crippen molar-refractivity contribution in [2.75, 3.05) is 5.32 Å². The molecule has 2 aromatic rings. The van der Waals surface area contributed by atoms with E-state index in [1.807, 2.05) is 0 Å². The average Bonchev–Trinajstić information content (AvgIpc) is 2.45. The molecule has 0 bridgehead atoms. The molecule has 0 unspecified atom stereocenters. The van der Waals surface area contributed by atoms with Crippen molar-refractivity contribution in [1.82, 2.24) is 10.9 Å². The number of benzene rings is 2. The Morgan fingerprint density at radius 2 is 1.81 bits per heavy atom. The van der Waals surface area contributed by atoms with Crippen molar-refractivity contribution in [2.24, 2.45) is 0 Å². The Morgan fingerprint density at radius 1 is 1.10 bits per heavy atom. The topological polar surface area (TPSA) is 53.2 Å². The van der Waals surface area contributed by atoms with Crippen LogP contribution in [0.2, 0.25) is 5.02 Å². The second-order valence-electron chi connectivity index (χ2n) is 4.05. The van der Waals surface area contributed by atoms with Crippen LogP contribution < -0.4 is 16.2 Å². The first-order valence-corrected chi connectivity index (χ1v) is 6.72. The zero-order valence-corrected chi connectivity index (χ0v) is 12.3. The Bertz CT molecular complexity index is 664. The predicted molar refractivity (Wildman–Crippen MR) is 84.7 cm³/mol. The second kappa shape index (κ2) is 7.01. The molecule has 0 fully saturated rings. The van der Waals surface area contributed by atoms with E-state index in [1.54, 1.807) is 36.4 Å². The van der Waals surface area contributed by atoms with Crippen molar-refractivity contribution in [3.8, 4) is 0 Å². The molecule has 3 N–H and O–H groups in total. The summed E-state index contributed by atoms with van der Waals surface area (Å²) in [5, 5.41) is 3.43. The molecule has 0 saturated carbocycles. The first-order chi connectivity index (χ1) is 10.0. The molecule has 0 aliphatic carbocycles. The highest BCUT2D eigenvalue weighted by Gasteiger charge is 2.05. The highest BCUT2D eigenvalue weighted by molar-refractivity contribution is 7.80. The van der Waals surface area contributed by atoms with Crippen molar-refractivity contribution in [3.05, 3.63) is 64.9 Å². The van der Waals surface area contributed by atoms with Gasteiger partial charge in [-0.1, -0.05) is 17.7 Å². The van der Waals surface area contributed by atoms with Gasteiger partial charge in [-0.25, -0.2) is 4.39 Å². The van der Waals surface area contributed by atoms with Crippen LogP contribution in [0.25, 0.3) is 0 Å². The van der Waals surface area contributed by atoms with Gasteiger partial charge in [0, 0.05) is 16.3 Å². The number of carbonyl (C=O) groups is 1. The molecule has 0 aliphatic rings. The zero-order valence-electron chi connectivity index (χ0n) is 10.7. The minimum absolute atomic E-state index is 0.142. The van der Waals surface area contributed by atoms with E-state index in [2.05, 4.69) is 16.2 Å². The van der Waals surface area contributed by atoms with Gasteiger partial charge in [-0.2, -0.15) is 0 Å². The molecule has 7 heteroatoms. The molecule has 0 radical (unpaired) electrons. The molecule has 0 aromatic heterocycles. The summed E-state index contributed by atoms with van der Waals surface area (Å²) in [5.41, 5.74) is 5.86. The summed E-state index contributed by atoms with van der Waals surface area (Å²) in [6.07, 6.45) is 0. The minimum atomic E-state index is -0.381. The van der Waals surface area contributed by atoms with E-state index in [-0.39, 0.29) is 16.8 Å². The summed E-state index contributed by atoms with van der Waals surface area (Å²) in [6, 6.07) is 12.2. The Hall–Kier alpha value is -2.18. The molecule has 0 atom stereocenters. The smallest absolute Gasteiger partial charge is 0.269 e. The normalized spacial score (nSPS) is 9.81. The maximum absolute atomic E-state index is 13.0. The zero-order chi connectivity index (χ0) is 15.2. The van der Waals surface area contributed by atoms with E-state index in [0.717, 1.165) is 0 Å². The minimum Gasteiger partial charge on any atom is -0.331 e. The Labute approximate surface area is 131 Å². The van der Waals surface area contributed by atoms with Crippen LogP contribution in [0, 0.1) is 5.82 Å². The monoisotopic (exact) mass is 323 g/mol. The Kier molecular flexibility index (Phi) is 5.08. The fraction of sp³-hybridized carbons (Fsp3) is 0. The van der Waals surface area contributed by atoms with Crippen LogP contribution >= 0.6 is 23.8 Å². The van der Waals surface area contributed by atoms with Crippen molar-refractivity contribution in [1.29, 1.82) is 0 Å². The van der Waals surface area contributed by atoms with Crippen LogP contribution in [0.15, 0.2) is 48.5 Å². The summed E-state index contributed by atoms with van der Waals surface area (Å²) >= 11 is 10.7. The second-order valence-corrected chi connectivity index (χ2v) is 4.90.